The number of hydrogen-bond donors (Lipinski definition) is 3. The molecule has 0 aliphatic carbocycles. The summed E-state index contributed by atoms with van der Waals surface area (Å²) in [6.07, 6.45) is -3.44. The lowest BCUT2D eigenvalue weighted by molar-refractivity contribution is -0.167. The molecule has 0 bridgehead atoms. The van der Waals surface area contributed by atoms with Crippen LogP contribution >= 0.6 is 12.2 Å². The van der Waals surface area contributed by atoms with E-state index in [0.29, 0.717) is 6.42 Å². The Bertz CT molecular complexity index is 1030. The van der Waals surface area contributed by atoms with Crippen LogP contribution in [0.3, 0.4) is 0 Å². The number of nitrogens with one attached hydrogen (secondary N) is 2. The molecule has 1 unspecified atom stereocenters. The molecule has 0 fully saturated rings. The van der Waals surface area contributed by atoms with Gasteiger partial charge in [-0.2, -0.15) is 13.2 Å². The second-order valence-electron chi connectivity index (χ2n) is 5.85. The van der Waals surface area contributed by atoms with E-state index in [4.69, 9.17) is 12.2 Å². The van der Waals surface area contributed by atoms with E-state index in [1.807, 2.05) is 6.92 Å². The lowest BCUT2D eigenvalue weighted by Gasteiger charge is -2.16. The van der Waals surface area contributed by atoms with Gasteiger partial charge in [-0.25, -0.2) is 0 Å². The highest BCUT2D eigenvalue weighted by Crippen LogP contribution is 2.27. The van der Waals surface area contributed by atoms with Crippen molar-refractivity contribution in [3.05, 3.63) is 45.0 Å². The average molecular weight is 414 g/mol. The van der Waals surface area contributed by atoms with Crippen LogP contribution in [-0.4, -0.2) is 33.0 Å². The minimum Gasteiger partial charge on any atom is -0.494 e. The normalized spacial score (nSPS) is 12.9. The zero-order valence-electron chi connectivity index (χ0n) is 14.9. The van der Waals surface area contributed by atoms with Gasteiger partial charge in [-0.15, -0.1) is 0 Å². The molecule has 1 aromatic carbocycles. The number of H-pyrrole nitrogens is 1. The van der Waals surface area contributed by atoms with Gasteiger partial charge in [0.2, 0.25) is 5.88 Å². The second-order valence-corrected chi connectivity index (χ2v) is 6.24. The molecule has 2 rings (SSSR count). The second kappa shape index (κ2) is 8.38. The van der Waals surface area contributed by atoms with E-state index in [2.05, 4.69) is 9.98 Å². The Balaban J connectivity index is 2.47. The van der Waals surface area contributed by atoms with E-state index < -0.39 is 23.5 Å². The summed E-state index contributed by atoms with van der Waals surface area (Å²) in [5, 5.41) is 12.1. The van der Waals surface area contributed by atoms with Gasteiger partial charge >= 0.3 is 12.1 Å². The average Bonchev–Trinajstić information content (AvgIpc) is 2.61. The Kier molecular flexibility index (Phi) is 6.39. The van der Waals surface area contributed by atoms with Crippen molar-refractivity contribution in [2.45, 2.75) is 32.5 Å². The molecule has 0 aliphatic heterocycles. The zero-order valence-corrected chi connectivity index (χ0v) is 15.7. The van der Waals surface area contributed by atoms with Crippen LogP contribution < -0.4 is 10.9 Å². The van der Waals surface area contributed by atoms with Crippen LogP contribution in [0.2, 0.25) is 0 Å². The van der Waals surface area contributed by atoms with Gasteiger partial charge in [0.25, 0.3) is 5.56 Å². The van der Waals surface area contributed by atoms with E-state index in [0.717, 1.165) is 6.21 Å². The number of amides is 1. The summed E-state index contributed by atoms with van der Waals surface area (Å²) in [6, 6.07) is 5.27. The maximum absolute atomic E-state index is 12.5. The Hall–Kier alpha value is -2.95. The first-order valence-electron chi connectivity index (χ1n) is 8.15. The fraction of sp³-hybridized carbons (Fsp3) is 0.294. The number of carbonyl (C=O) groups is 1. The lowest BCUT2D eigenvalue weighted by Crippen LogP contribution is -2.29. The molecule has 0 aliphatic rings. The number of nitrogens with zero attached hydrogens (tertiary/aromatic N) is 2. The highest BCUT2D eigenvalue weighted by molar-refractivity contribution is 7.71. The number of alkyl halides is 3. The number of para-hydroxylation sites is 2. The molecular formula is C17H17F3N4O3S. The SMILES string of the molecule is CCC(C)n1c(O)c(C=Nc2ccccc2NC(=O)C(F)(F)F)c(=O)[nH]c1=S. The molecule has 0 spiro atoms. The maximum atomic E-state index is 12.5. The standard InChI is InChI=1S/C17H17F3N4O3S/c1-3-9(2)24-14(26)10(13(25)23-16(24)28)8-21-11-6-4-5-7-12(11)22-15(27)17(18,19)20/h4-9,26H,3H2,1-2H3,(H,22,27)(H,23,25,28). The molecule has 1 amide bonds. The van der Waals surface area contributed by atoms with E-state index >= 15 is 0 Å². The molecule has 0 radical (unpaired) electrons. The Labute approximate surface area is 162 Å². The minimum absolute atomic E-state index is 0.0311. The Morgan fingerprint density at radius 1 is 1.43 bits per heavy atom. The number of hydrogen-bond acceptors (Lipinski definition) is 5. The van der Waals surface area contributed by atoms with Gasteiger partial charge in [0, 0.05) is 12.3 Å². The van der Waals surface area contributed by atoms with E-state index in [1.165, 1.54) is 28.8 Å². The highest BCUT2D eigenvalue weighted by Gasteiger charge is 2.38. The number of anilines is 1. The molecule has 0 saturated carbocycles. The number of rotatable bonds is 5. The number of benzene rings is 1. The Morgan fingerprint density at radius 3 is 2.68 bits per heavy atom. The minimum atomic E-state index is -5.06. The summed E-state index contributed by atoms with van der Waals surface area (Å²) in [7, 11) is 0. The van der Waals surface area contributed by atoms with Crippen LogP contribution in [0.4, 0.5) is 24.5 Å². The fourth-order valence-corrected chi connectivity index (χ4v) is 2.64. The largest absolute Gasteiger partial charge is 0.494 e. The number of aromatic nitrogens is 2. The van der Waals surface area contributed by atoms with Gasteiger partial charge in [0.15, 0.2) is 4.77 Å². The quantitative estimate of drug-likeness (QED) is 0.511. The molecule has 7 nitrogen and oxygen atoms in total. The number of aromatic hydroxyl groups is 1. The van der Waals surface area contributed by atoms with Crippen LogP contribution in [0.15, 0.2) is 34.1 Å². The van der Waals surface area contributed by atoms with Crippen molar-refractivity contribution in [2.75, 3.05) is 5.32 Å². The first-order valence-corrected chi connectivity index (χ1v) is 8.56. The van der Waals surface area contributed by atoms with Crippen LogP contribution in [0, 0.1) is 4.77 Å². The molecule has 11 heteroatoms. The van der Waals surface area contributed by atoms with Crippen molar-refractivity contribution in [1.29, 1.82) is 0 Å². The number of halogens is 3. The predicted molar refractivity (Wildman–Crippen MR) is 101 cm³/mol. The van der Waals surface area contributed by atoms with Crippen molar-refractivity contribution in [1.82, 2.24) is 9.55 Å². The third-order valence-electron chi connectivity index (χ3n) is 3.93. The van der Waals surface area contributed by atoms with Crippen molar-refractivity contribution >= 4 is 35.7 Å². The third kappa shape index (κ3) is 4.66. The molecule has 1 heterocycles. The molecule has 1 atom stereocenters. The monoisotopic (exact) mass is 414 g/mol. The van der Waals surface area contributed by atoms with Gasteiger partial charge in [0.1, 0.15) is 5.56 Å². The smallest absolute Gasteiger partial charge is 0.471 e. The predicted octanol–water partition coefficient (Wildman–Crippen LogP) is 3.83. The molecule has 1 aromatic heterocycles. The van der Waals surface area contributed by atoms with Gasteiger partial charge in [-0.3, -0.25) is 24.1 Å². The molecule has 2 aromatic rings. The molecule has 150 valence electrons. The summed E-state index contributed by atoms with van der Waals surface area (Å²) in [6.45, 7) is 3.65. The first kappa shape index (κ1) is 21.4. The van der Waals surface area contributed by atoms with Crippen molar-refractivity contribution in [2.24, 2.45) is 4.99 Å². The number of aliphatic imine (C=N–C) groups is 1. The van der Waals surface area contributed by atoms with Crippen molar-refractivity contribution < 1.29 is 23.1 Å². The third-order valence-corrected chi connectivity index (χ3v) is 4.23. The van der Waals surface area contributed by atoms with E-state index in [-0.39, 0.29) is 27.8 Å². The molecular weight excluding hydrogens is 397 g/mol. The van der Waals surface area contributed by atoms with Crippen LogP contribution in [0.25, 0.3) is 0 Å². The molecule has 3 N–H and O–H groups in total. The van der Waals surface area contributed by atoms with Crippen molar-refractivity contribution in [3.8, 4) is 5.88 Å². The first-order chi connectivity index (χ1) is 13.1. The van der Waals surface area contributed by atoms with Gasteiger partial charge in [-0.1, -0.05) is 19.1 Å². The van der Waals surface area contributed by atoms with Gasteiger partial charge < -0.3 is 10.4 Å². The lowest BCUT2D eigenvalue weighted by atomic mass is 10.2. The summed E-state index contributed by atoms with van der Waals surface area (Å²) in [4.78, 5) is 29.7. The summed E-state index contributed by atoms with van der Waals surface area (Å²) < 4.78 is 38.8. The van der Waals surface area contributed by atoms with E-state index in [9.17, 15) is 27.9 Å². The number of carbonyl (C=O) groups excluding carboxylic acids is 1. The Morgan fingerprint density at radius 2 is 2.07 bits per heavy atom. The fourth-order valence-electron chi connectivity index (χ4n) is 2.28. The maximum Gasteiger partial charge on any atom is 0.471 e. The van der Waals surface area contributed by atoms with Gasteiger partial charge in [-0.05, 0) is 37.7 Å². The zero-order chi connectivity index (χ0) is 21.1. The summed E-state index contributed by atoms with van der Waals surface area (Å²) in [5.41, 5.74) is -1.16. The van der Waals surface area contributed by atoms with Crippen molar-refractivity contribution in [3.63, 3.8) is 0 Å². The molecule has 0 saturated heterocycles. The van der Waals surface area contributed by atoms with Gasteiger partial charge in [0.05, 0.1) is 11.4 Å². The van der Waals surface area contributed by atoms with Crippen LogP contribution in [0.1, 0.15) is 31.9 Å². The summed E-state index contributed by atoms with van der Waals surface area (Å²) in [5.74, 6) is -2.57. The topological polar surface area (TPSA) is 99.5 Å². The van der Waals surface area contributed by atoms with Crippen LogP contribution in [0.5, 0.6) is 5.88 Å². The van der Waals surface area contributed by atoms with E-state index in [1.54, 1.807) is 12.2 Å². The summed E-state index contributed by atoms with van der Waals surface area (Å²) >= 11 is 5.06. The number of aromatic amines is 1. The van der Waals surface area contributed by atoms with Crippen LogP contribution in [-0.2, 0) is 4.79 Å². The molecule has 28 heavy (non-hydrogen) atoms. The highest BCUT2D eigenvalue weighted by atomic mass is 32.1.